The maximum Gasteiger partial charge on any atom is 0 e. The lowest BCUT2D eigenvalue weighted by atomic mass is 9.81. The summed E-state index contributed by atoms with van der Waals surface area (Å²) in [5.74, 6) is 0.722. The number of hydrogen-bond donors (Lipinski definition) is 0. The van der Waals surface area contributed by atoms with Crippen molar-refractivity contribution in [2.45, 2.75) is 32.1 Å². The quantitative estimate of drug-likeness (QED) is 0.458. The summed E-state index contributed by atoms with van der Waals surface area (Å²) in [5, 5.41) is 5.63. The molecule has 3 aromatic rings. The number of aryl methyl sites for hydroxylation is 1. The Morgan fingerprint density at radius 2 is 1.74 bits per heavy atom. The van der Waals surface area contributed by atoms with Crippen LogP contribution in [0.25, 0.3) is 21.5 Å². The van der Waals surface area contributed by atoms with Crippen molar-refractivity contribution in [2.24, 2.45) is 0 Å². The summed E-state index contributed by atoms with van der Waals surface area (Å²) in [6.07, 6.45) is 3.92. The normalized spacial score (nSPS) is 18.7. The molecule has 0 nitrogen and oxygen atoms in total. The summed E-state index contributed by atoms with van der Waals surface area (Å²) in [6.45, 7) is 2.37. The number of benzene rings is 3. The maximum atomic E-state index is 2.37. The lowest BCUT2D eigenvalue weighted by molar-refractivity contribution is 0.593. The summed E-state index contributed by atoms with van der Waals surface area (Å²) in [4.78, 5) is 0. The molecule has 4 rings (SSSR count). The lowest BCUT2D eigenvalue weighted by Crippen LogP contribution is -2.07. The van der Waals surface area contributed by atoms with Crippen molar-refractivity contribution >= 4 is 21.5 Å². The van der Waals surface area contributed by atoms with Crippen molar-refractivity contribution in [1.29, 1.82) is 0 Å². The van der Waals surface area contributed by atoms with Crippen LogP contribution in [0.15, 0.2) is 48.5 Å². The number of rotatable bonds is 0. The third-order valence-corrected chi connectivity index (χ3v) is 4.67. The van der Waals surface area contributed by atoms with Crippen molar-refractivity contribution in [2.75, 3.05) is 0 Å². The summed E-state index contributed by atoms with van der Waals surface area (Å²) < 4.78 is 0. The average Bonchev–Trinajstić information content (AvgIpc) is 2.47. The summed E-state index contributed by atoms with van der Waals surface area (Å²) in [6, 6.07) is 18.0. The minimum atomic E-state index is 0. The van der Waals surface area contributed by atoms with Gasteiger partial charge in [0.15, 0.2) is 0 Å². The number of hydrogen-bond acceptors (Lipinski definition) is 0. The Balaban J connectivity index is 0.00000121. The minimum absolute atomic E-state index is 0. The van der Waals surface area contributed by atoms with Crippen LogP contribution in [0.5, 0.6) is 0 Å². The van der Waals surface area contributed by atoms with E-state index in [2.05, 4.69) is 55.5 Å². The largest absolute Gasteiger partial charge is 0.0616 e. The van der Waals surface area contributed by atoms with Gasteiger partial charge in [-0.25, -0.2) is 0 Å². The predicted molar refractivity (Wildman–Crippen MR) is 83.9 cm³/mol. The van der Waals surface area contributed by atoms with E-state index in [0.29, 0.717) is 0 Å². The van der Waals surface area contributed by atoms with E-state index in [1.807, 2.05) is 0 Å². The van der Waals surface area contributed by atoms with Gasteiger partial charge in [0.05, 0.1) is 0 Å². The number of fused-ring (bicyclic) bond motifs is 5. The van der Waals surface area contributed by atoms with Crippen LogP contribution in [-0.2, 0) is 6.42 Å². The second kappa shape index (κ2) is 4.09. The first-order chi connectivity index (χ1) is 9.34. The van der Waals surface area contributed by atoms with E-state index in [9.17, 15) is 0 Å². The van der Waals surface area contributed by atoms with E-state index in [0.717, 1.165) is 5.92 Å². The molecule has 0 aliphatic heterocycles. The first kappa shape index (κ1) is 11.0. The van der Waals surface area contributed by atoms with Crippen LogP contribution in [0.3, 0.4) is 0 Å². The summed E-state index contributed by atoms with van der Waals surface area (Å²) >= 11 is 0. The van der Waals surface area contributed by atoms with E-state index < -0.39 is 0 Å². The molecule has 0 fully saturated rings. The Kier molecular flexibility index (Phi) is 2.38. The molecule has 0 amide bonds. The first-order valence-corrected chi connectivity index (χ1v) is 7.28. The van der Waals surface area contributed by atoms with Gasteiger partial charge in [0.2, 0.25) is 0 Å². The predicted octanol–water partition coefficient (Wildman–Crippen LogP) is 5.55. The Morgan fingerprint density at radius 3 is 2.68 bits per heavy atom. The van der Waals surface area contributed by atoms with E-state index in [-0.39, 0.29) is 1.43 Å². The van der Waals surface area contributed by atoms with Gasteiger partial charge in [-0.2, -0.15) is 0 Å². The SMILES string of the molecule is CC1CCCc2c1ccc1c2ccc2ccccc21.[2H]. The molecule has 1 aliphatic rings. The van der Waals surface area contributed by atoms with Crippen LogP contribution in [0, 0.1) is 0 Å². The van der Waals surface area contributed by atoms with Crippen molar-refractivity contribution < 1.29 is 1.43 Å². The molecule has 0 N–H and O–H groups in total. The highest BCUT2D eigenvalue weighted by atomic mass is 14.2. The van der Waals surface area contributed by atoms with E-state index in [4.69, 9.17) is 0 Å². The molecule has 0 aromatic heterocycles. The van der Waals surface area contributed by atoms with Crippen LogP contribution in [0.1, 0.15) is 38.2 Å². The molecule has 0 bridgehead atoms. The monoisotopic (exact) mass is 248 g/mol. The van der Waals surface area contributed by atoms with Crippen LogP contribution in [-0.4, -0.2) is 0 Å². The molecule has 1 radical (unpaired) electrons. The first-order valence-electron chi connectivity index (χ1n) is 7.28. The standard InChI is InChI=1S/C19H18.H/c1-13-5-4-8-17-15(13)11-12-18-16-7-3-2-6-14(16)9-10-19(17)18;/h2-3,6-7,9-13H,4-5,8H2,1H3;/i;1+1. The molecular formula is C19H19. The fraction of sp³-hybridized carbons (Fsp3) is 0.263. The fourth-order valence-corrected chi connectivity index (χ4v) is 3.65. The van der Waals surface area contributed by atoms with Gasteiger partial charge in [-0.05, 0) is 57.9 Å². The Morgan fingerprint density at radius 1 is 0.895 bits per heavy atom. The molecule has 0 heterocycles. The second-order valence-corrected chi connectivity index (χ2v) is 5.81. The average molecular weight is 248 g/mol. The molecule has 0 spiro atoms. The van der Waals surface area contributed by atoms with Crippen molar-refractivity contribution in [3.05, 3.63) is 59.7 Å². The fourth-order valence-electron chi connectivity index (χ4n) is 3.65. The van der Waals surface area contributed by atoms with Gasteiger partial charge in [0.1, 0.15) is 0 Å². The lowest BCUT2D eigenvalue weighted by Gasteiger charge is -2.24. The van der Waals surface area contributed by atoms with E-state index in [1.54, 1.807) is 11.1 Å². The van der Waals surface area contributed by atoms with Gasteiger partial charge in [0.25, 0.3) is 0 Å². The summed E-state index contributed by atoms with van der Waals surface area (Å²) in [5.41, 5.74) is 3.18. The Hall–Kier alpha value is -1.82. The topological polar surface area (TPSA) is 0 Å². The Bertz CT molecular complexity index is 773. The zero-order valence-electron chi connectivity index (χ0n) is 12.3. The summed E-state index contributed by atoms with van der Waals surface area (Å²) in [7, 11) is 0. The molecule has 1 aliphatic carbocycles. The third-order valence-electron chi connectivity index (χ3n) is 4.67. The van der Waals surface area contributed by atoms with Crippen molar-refractivity contribution in [3.8, 4) is 0 Å². The van der Waals surface area contributed by atoms with Crippen molar-refractivity contribution in [3.63, 3.8) is 0 Å². The Labute approximate surface area is 115 Å². The van der Waals surface area contributed by atoms with Crippen LogP contribution in [0.2, 0.25) is 0 Å². The molecule has 3 aromatic carbocycles. The van der Waals surface area contributed by atoms with Gasteiger partial charge >= 0.3 is 0 Å². The molecule has 1 unspecified atom stereocenters. The van der Waals surface area contributed by atoms with Gasteiger partial charge < -0.3 is 0 Å². The van der Waals surface area contributed by atoms with Gasteiger partial charge in [-0.15, -0.1) is 0 Å². The minimum Gasteiger partial charge on any atom is -0.0616 e. The molecule has 19 heavy (non-hydrogen) atoms. The highest BCUT2D eigenvalue weighted by Gasteiger charge is 2.18. The molecule has 0 saturated carbocycles. The zero-order chi connectivity index (χ0) is 12.8. The smallest absolute Gasteiger partial charge is 0 e. The molecule has 0 heteroatoms. The molecule has 0 saturated heterocycles. The maximum absolute atomic E-state index is 2.37. The molecular weight excluding hydrogens is 228 g/mol. The van der Waals surface area contributed by atoms with Crippen LogP contribution in [0.4, 0.5) is 0 Å². The van der Waals surface area contributed by atoms with Crippen molar-refractivity contribution in [1.82, 2.24) is 0 Å². The highest BCUT2D eigenvalue weighted by Crippen LogP contribution is 2.37. The van der Waals surface area contributed by atoms with Gasteiger partial charge in [-0.1, -0.05) is 55.5 Å². The molecule has 95 valence electrons. The van der Waals surface area contributed by atoms with Gasteiger partial charge in [-0.3, -0.25) is 0 Å². The van der Waals surface area contributed by atoms with Gasteiger partial charge in [0, 0.05) is 1.43 Å². The van der Waals surface area contributed by atoms with Crippen LogP contribution >= 0.6 is 0 Å². The van der Waals surface area contributed by atoms with E-state index in [1.165, 1.54) is 40.8 Å². The zero-order valence-corrected chi connectivity index (χ0v) is 11.3. The third kappa shape index (κ3) is 1.59. The van der Waals surface area contributed by atoms with Crippen LogP contribution < -0.4 is 0 Å². The highest BCUT2D eigenvalue weighted by molar-refractivity contribution is 6.08. The molecule has 1 atom stereocenters. The van der Waals surface area contributed by atoms with E-state index >= 15 is 0 Å². The second-order valence-electron chi connectivity index (χ2n) is 5.81.